The first-order valence-corrected chi connectivity index (χ1v) is 12.2. The van der Waals surface area contributed by atoms with E-state index in [2.05, 4.69) is 10.4 Å². The second-order valence-corrected chi connectivity index (χ2v) is 10.6. The number of hydrogen-bond donors (Lipinski definition) is 1. The second kappa shape index (κ2) is 9.11. The third kappa shape index (κ3) is 4.80. The molecule has 1 aromatic carbocycles. The summed E-state index contributed by atoms with van der Waals surface area (Å²) < 4.78 is 29.0. The first kappa shape index (κ1) is 20.8. The molecule has 0 atom stereocenters. The van der Waals surface area contributed by atoms with E-state index in [1.807, 2.05) is 41.2 Å². The van der Waals surface area contributed by atoms with Gasteiger partial charge in [0.25, 0.3) is 10.0 Å². The van der Waals surface area contributed by atoms with Crippen molar-refractivity contribution in [3.05, 3.63) is 70.9 Å². The molecular weight excluding hydrogens is 420 g/mol. The molecule has 1 aliphatic heterocycles. The lowest BCUT2D eigenvalue weighted by Gasteiger charge is -2.13. The van der Waals surface area contributed by atoms with Gasteiger partial charge in [-0.05, 0) is 42.2 Å². The number of sulfonamides is 1. The molecule has 158 valence electrons. The lowest BCUT2D eigenvalue weighted by Crippen LogP contribution is -2.27. The SMILES string of the molecule is O=C(Cc1ccc(S(=O)(=O)N2CCCC2)s1)NCc1ccccc1Cn1cccn1. The molecule has 0 bridgehead atoms. The Hall–Kier alpha value is -2.49. The third-order valence-corrected chi connectivity index (χ3v) is 8.57. The minimum absolute atomic E-state index is 0.129. The van der Waals surface area contributed by atoms with Crippen LogP contribution < -0.4 is 5.32 Å². The van der Waals surface area contributed by atoms with Gasteiger partial charge in [-0.25, -0.2) is 8.42 Å². The molecule has 0 unspecified atom stereocenters. The van der Waals surface area contributed by atoms with Crippen LogP contribution in [0.4, 0.5) is 0 Å². The Morgan fingerprint density at radius 3 is 2.57 bits per heavy atom. The third-order valence-electron chi connectivity index (χ3n) is 5.12. The van der Waals surface area contributed by atoms with E-state index in [1.54, 1.807) is 18.3 Å². The quantitative estimate of drug-likeness (QED) is 0.579. The smallest absolute Gasteiger partial charge is 0.252 e. The van der Waals surface area contributed by atoms with Gasteiger partial charge in [0.05, 0.1) is 13.0 Å². The molecule has 2 aromatic heterocycles. The number of thiophene rings is 1. The fourth-order valence-electron chi connectivity index (χ4n) is 3.51. The summed E-state index contributed by atoms with van der Waals surface area (Å²) in [7, 11) is -3.43. The monoisotopic (exact) mass is 444 g/mol. The number of nitrogens with zero attached hydrogens (tertiary/aromatic N) is 3. The Labute approximate surface area is 180 Å². The summed E-state index contributed by atoms with van der Waals surface area (Å²) in [6, 6.07) is 13.2. The molecule has 1 N–H and O–H groups in total. The molecule has 9 heteroatoms. The van der Waals surface area contributed by atoms with E-state index in [4.69, 9.17) is 0 Å². The zero-order valence-corrected chi connectivity index (χ0v) is 18.2. The van der Waals surface area contributed by atoms with Gasteiger partial charge in [-0.3, -0.25) is 9.48 Å². The predicted molar refractivity (Wildman–Crippen MR) is 116 cm³/mol. The highest BCUT2D eigenvalue weighted by atomic mass is 32.2. The number of aromatic nitrogens is 2. The molecule has 0 radical (unpaired) electrons. The van der Waals surface area contributed by atoms with Crippen LogP contribution in [-0.4, -0.2) is 41.5 Å². The highest BCUT2D eigenvalue weighted by Gasteiger charge is 2.28. The molecule has 3 heterocycles. The van der Waals surface area contributed by atoms with E-state index in [9.17, 15) is 13.2 Å². The van der Waals surface area contributed by atoms with E-state index < -0.39 is 10.0 Å². The van der Waals surface area contributed by atoms with Crippen molar-refractivity contribution in [1.29, 1.82) is 0 Å². The summed E-state index contributed by atoms with van der Waals surface area (Å²) in [6.07, 6.45) is 5.62. The van der Waals surface area contributed by atoms with Gasteiger partial charge < -0.3 is 5.32 Å². The highest BCUT2D eigenvalue weighted by molar-refractivity contribution is 7.91. The van der Waals surface area contributed by atoms with Crippen molar-refractivity contribution in [2.45, 2.75) is 36.6 Å². The Balaban J connectivity index is 1.35. The van der Waals surface area contributed by atoms with E-state index in [0.717, 1.165) is 28.8 Å². The van der Waals surface area contributed by atoms with E-state index >= 15 is 0 Å². The molecule has 0 aliphatic carbocycles. The van der Waals surface area contributed by atoms with Crippen LogP contribution in [0.1, 0.15) is 28.8 Å². The maximum absolute atomic E-state index is 12.6. The summed E-state index contributed by atoms with van der Waals surface area (Å²) in [5, 5.41) is 7.18. The van der Waals surface area contributed by atoms with Crippen LogP contribution in [0.2, 0.25) is 0 Å². The Kier molecular flexibility index (Phi) is 6.31. The van der Waals surface area contributed by atoms with Gasteiger partial charge >= 0.3 is 0 Å². The van der Waals surface area contributed by atoms with Gasteiger partial charge in [0.15, 0.2) is 0 Å². The molecule has 1 amide bonds. The minimum Gasteiger partial charge on any atom is -0.352 e. The number of nitrogens with one attached hydrogen (secondary N) is 1. The van der Waals surface area contributed by atoms with Gasteiger partial charge in [-0.2, -0.15) is 9.40 Å². The zero-order chi connectivity index (χ0) is 21.0. The van der Waals surface area contributed by atoms with Gasteiger partial charge in [0, 0.05) is 36.9 Å². The molecule has 4 rings (SSSR count). The van der Waals surface area contributed by atoms with Crippen molar-refractivity contribution >= 4 is 27.3 Å². The van der Waals surface area contributed by atoms with Crippen molar-refractivity contribution in [2.24, 2.45) is 0 Å². The molecular formula is C21H24N4O3S2. The van der Waals surface area contributed by atoms with Gasteiger partial charge in [0.1, 0.15) is 4.21 Å². The fraction of sp³-hybridized carbons (Fsp3) is 0.333. The standard InChI is InChI=1S/C21H24N4O3S2/c26-20(14-19-8-9-21(29-19)30(27,28)25-12-3-4-13-25)22-15-17-6-1-2-7-18(17)16-24-11-5-10-23-24/h1-2,5-11H,3-4,12-16H2,(H,22,26). The largest absolute Gasteiger partial charge is 0.352 e. The average molecular weight is 445 g/mol. The summed E-state index contributed by atoms with van der Waals surface area (Å²) >= 11 is 1.18. The van der Waals surface area contributed by atoms with Crippen LogP contribution in [0.3, 0.4) is 0 Å². The number of carbonyl (C=O) groups excluding carboxylic acids is 1. The van der Waals surface area contributed by atoms with E-state index in [1.165, 1.54) is 15.6 Å². The second-order valence-electron chi connectivity index (χ2n) is 7.26. The Morgan fingerprint density at radius 2 is 1.83 bits per heavy atom. The molecule has 30 heavy (non-hydrogen) atoms. The van der Waals surface area contributed by atoms with Crippen LogP contribution in [0, 0.1) is 0 Å². The van der Waals surface area contributed by atoms with Crippen molar-refractivity contribution in [3.63, 3.8) is 0 Å². The molecule has 1 fully saturated rings. The first-order chi connectivity index (χ1) is 14.5. The van der Waals surface area contributed by atoms with Crippen LogP contribution in [0.5, 0.6) is 0 Å². The molecule has 1 saturated heterocycles. The first-order valence-electron chi connectivity index (χ1n) is 9.92. The summed E-state index contributed by atoms with van der Waals surface area (Å²) in [6.45, 7) is 2.21. The number of carbonyl (C=O) groups is 1. The van der Waals surface area contributed by atoms with Crippen LogP contribution in [0.15, 0.2) is 59.1 Å². The molecule has 0 saturated carbocycles. The maximum atomic E-state index is 12.6. The van der Waals surface area contributed by atoms with Crippen molar-refractivity contribution in [3.8, 4) is 0 Å². The molecule has 1 aliphatic rings. The average Bonchev–Trinajstić information content (AvgIpc) is 3.50. The lowest BCUT2D eigenvalue weighted by molar-refractivity contribution is -0.120. The normalized spacial score (nSPS) is 14.8. The topological polar surface area (TPSA) is 84.3 Å². The molecule has 7 nitrogen and oxygen atoms in total. The van der Waals surface area contributed by atoms with E-state index in [-0.39, 0.29) is 12.3 Å². The summed E-state index contributed by atoms with van der Waals surface area (Å²) in [5.41, 5.74) is 2.13. The molecule has 0 spiro atoms. The number of amides is 1. The maximum Gasteiger partial charge on any atom is 0.252 e. The number of benzene rings is 1. The van der Waals surface area contributed by atoms with E-state index in [0.29, 0.717) is 30.4 Å². The van der Waals surface area contributed by atoms with Crippen LogP contribution in [0.25, 0.3) is 0 Å². The summed E-state index contributed by atoms with van der Waals surface area (Å²) in [4.78, 5) is 13.2. The highest BCUT2D eigenvalue weighted by Crippen LogP contribution is 2.27. The minimum atomic E-state index is -3.43. The Bertz CT molecular complexity index is 1100. The number of hydrogen-bond acceptors (Lipinski definition) is 5. The summed E-state index contributed by atoms with van der Waals surface area (Å²) in [5.74, 6) is -0.129. The Morgan fingerprint density at radius 1 is 1.07 bits per heavy atom. The fourth-order valence-corrected chi connectivity index (χ4v) is 6.54. The van der Waals surface area contributed by atoms with Crippen molar-refractivity contribution in [1.82, 2.24) is 19.4 Å². The van der Waals surface area contributed by atoms with Gasteiger partial charge in [0.2, 0.25) is 5.91 Å². The van der Waals surface area contributed by atoms with Crippen LogP contribution >= 0.6 is 11.3 Å². The van der Waals surface area contributed by atoms with Crippen LogP contribution in [-0.2, 0) is 34.3 Å². The number of rotatable bonds is 8. The van der Waals surface area contributed by atoms with Crippen molar-refractivity contribution in [2.75, 3.05) is 13.1 Å². The van der Waals surface area contributed by atoms with Crippen molar-refractivity contribution < 1.29 is 13.2 Å². The molecule has 3 aromatic rings. The van der Waals surface area contributed by atoms with Gasteiger partial charge in [-0.1, -0.05) is 24.3 Å². The predicted octanol–water partition coefficient (Wildman–Crippen LogP) is 2.64. The van der Waals surface area contributed by atoms with Gasteiger partial charge in [-0.15, -0.1) is 11.3 Å². The lowest BCUT2D eigenvalue weighted by atomic mass is 10.1. The zero-order valence-electron chi connectivity index (χ0n) is 16.5.